The molecule has 3 aromatic carbocycles. The number of aryl methyl sites for hydroxylation is 1. The molecule has 9 heteroatoms. The smallest absolute Gasteiger partial charge is 0.327 e. The van der Waals surface area contributed by atoms with Crippen LogP contribution in [-0.4, -0.2) is 39.8 Å². The molecule has 0 aromatic heterocycles. The van der Waals surface area contributed by atoms with E-state index in [0.29, 0.717) is 11.5 Å². The molecule has 0 saturated carbocycles. The molecule has 0 bridgehead atoms. The summed E-state index contributed by atoms with van der Waals surface area (Å²) in [6, 6.07) is 18.0. The third kappa shape index (κ3) is 6.13. The lowest BCUT2D eigenvalue weighted by atomic mass is 10.0. The van der Waals surface area contributed by atoms with E-state index in [0.717, 1.165) is 11.1 Å². The van der Waals surface area contributed by atoms with Crippen LogP contribution in [0.2, 0.25) is 0 Å². The number of hydrogen-bond donors (Lipinski definition) is 2. The Labute approximate surface area is 199 Å². The number of rotatable bonds is 10. The molecule has 34 heavy (non-hydrogen) atoms. The Hall–Kier alpha value is -3.40. The van der Waals surface area contributed by atoms with Crippen LogP contribution in [-0.2, 0) is 26.2 Å². The molecular weight excluding hydrogens is 458 g/mol. The summed E-state index contributed by atoms with van der Waals surface area (Å²) in [5.41, 5.74) is 1.84. The number of carbonyl (C=O) groups excluding carboxylic acids is 1. The van der Waals surface area contributed by atoms with Crippen LogP contribution in [0, 0.1) is 6.92 Å². The van der Waals surface area contributed by atoms with Crippen LogP contribution >= 0.6 is 0 Å². The highest BCUT2D eigenvalue weighted by atomic mass is 32.2. The van der Waals surface area contributed by atoms with Crippen LogP contribution < -0.4 is 14.2 Å². The minimum Gasteiger partial charge on any atom is -0.493 e. The summed E-state index contributed by atoms with van der Waals surface area (Å²) in [5.74, 6) is -0.194. The van der Waals surface area contributed by atoms with Crippen molar-refractivity contribution in [2.24, 2.45) is 0 Å². The third-order valence-corrected chi connectivity index (χ3v) is 6.61. The maximum atomic E-state index is 13.0. The van der Waals surface area contributed by atoms with E-state index in [1.165, 1.54) is 38.5 Å². The molecule has 0 aliphatic carbocycles. The summed E-state index contributed by atoms with van der Waals surface area (Å²) in [6.45, 7) is 1.75. The van der Waals surface area contributed by atoms with Gasteiger partial charge in [0.1, 0.15) is 18.8 Å². The Morgan fingerprint density at radius 3 is 2.21 bits per heavy atom. The van der Waals surface area contributed by atoms with Crippen molar-refractivity contribution in [3.63, 3.8) is 0 Å². The molecule has 2 atom stereocenters. The lowest BCUT2D eigenvalue weighted by Crippen LogP contribution is -2.45. The van der Waals surface area contributed by atoms with Crippen LogP contribution in [0.25, 0.3) is 0 Å². The maximum Gasteiger partial charge on any atom is 0.327 e. The van der Waals surface area contributed by atoms with E-state index in [-0.39, 0.29) is 17.1 Å². The molecule has 3 aromatic rings. The molecule has 0 aliphatic rings. The van der Waals surface area contributed by atoms with Crippen LogP contribution in [0.5, 0.6) is 11.5 Å². The van der Waals surface area contributed by atoms with Crippen molar-refractivity contribution in [1.82, 2.24) is 4.72 Å². The van der Waals surface area contributed by atoms with Gasteiger partial charge in [-0.05, 0) is 42.3 Å². The number of aliphatic hydroxyl groups excluding tert-OH is 1. The zero-order valence-corrected chi connectivity index (χ0v) is 19.9. The lowest BCUT2D eigenvalue weighted by Gasteiger charge is -2.23. The normalized spacial score (nSPS) is 13.1. The first-order valence-electron chi connectivity index (χ1n) is 10.4. The van der Waals surface area contributed by atoms with Crippen LogP contribution in [0.15, 0.2) is 77.7 Å². The molecule has 3 rings (SSSR count). The van der Waals surface area contributed by atoms with Crippen molar-refractivity contribution >= 4 is 16.0 Å². The van der Waals surface area contributed by atoms with E-state index < -0.39 is 28.1 Å². The average Bonchev–Trinajstić information content (AvgIpc) is 2.85. The third-order valence-electron chi connectivity index (χ3n) is 5.16. The molecule has 0 fully saturated rings. The zero-order chi connectivity index (χ0) is 24.7. The van der Waals surface area contributed by atoms with Gasteiger partial charge in [0.15, 0.2) is 11.5 Å². The Balaban J connectivity index is 1.91. The largest absolute Gasteiger partial charge is 0.493 e. The van der Waals surface area contributed by atoms with Gasteiger partial charge in [0.05, 0.1) is 19.1 Å². The fourth-order valence-electron chi connectivity index (χ4n) is 3.24. The van der Waals surface area contributed by atoms with Crippen molar-refractivity contribution in [1.29, 1.82) is 0 Å². The van der Waals surface area contributed by atoms with E-state index in [4.69, 9.17) is 14.2 Å². The first-order chi connectivity index (χ1) is 16.2. The number of nitrogens with one attached hydrogen (secondary N) is 1. The molecule has 0 spiro atoms. The Morgan fingerprint density at radius 2 is 1.59 bits per heavy atom. The summed E-state index contributed by atoms with van der Waals surface area (Å²) in [7, 11) is -1.26. The number of methoxy groups -OCH3 is 2. The van der Waals surface area contributed by atoms with Crippen molar-refractivity contribution in [2.45, 2.75) is 30.6 Å². The molecule has 0 amide bonds. The van der Waals surface area contributed by atoms with Gasteiger partial charge in [-0.1, -0.05) is 54.1 Å². The van der Waals surface area contributed by atoms with Crippen LogP contribution in [0.4, 0.5) is 0 Å². The van der Waals surface area contributed by atoms with Crippen molar-refractivity contribution < 1.29 is 32.5 Å². The van der Waals surface area contributed by atoms with Gasteiger partial charge in [0, 0.05) is 0 Å². The highest BCUT2D eigenvalue weighted by Crippen LogP contribution is 2.31. The fourth-order valence-corrected chi connectivity index (χ4v) is 4.43. The van der Waals surface area contributed by atoms with Gasteiger partial charge in [-0.25, -0.2) is 8.42 Å². The van der Waals surface area contributed by atoms with Gasteiger partial charge in [0.25, 0.3) is 0 Å². The zero-order valence-electron chi connectivity index (χ0n) is 19.1. The van der Waals surface area contributed by atoms with Gasteiger partial charge in [-0.2, -0.15) is 4.72 Å². The molecule has 8 nitrogen and oxygen atoms in total. The lowest BCUT2D eigenvalue weighted by molar-refractivity contribution is -0.150. The first kappa shape index (κ1) is 25.2. The van der Waals surface area contributed by atoms with Gasteiger partial charge in [-0.3, -0.25) is 4.79 Å². The summed E-state index contributed by atoms with van der Waals surface area (Å²) in [5, 5.41) is 11.1. The molecule has 0 radical (unpaired) electrons. The fraction of sp³-hybridized carbons (Fsp3) is 0.240. The molecule has 2 N–H and O–H groups in total. The first-order valence-corrected chi connectivity index (χ1v) is 11.9. The number of sulfonamides is 1. The van der Waals surface area contributed by atoms with Crippen molar-refractivity contribution in [3.8, 4) is 11.5 Å². The summed E-state index contributed by atoms with van der Waals surface area (Å²) < 4.78 is 44.2. The molecule has 0 saturated heterocycles. The highest BCUT2D eigenvalue weighted by Gasteiger charge is 2.34. The Morgan fingerprint density at radius 1 is 0.941 bits per heavy atom. The number of benzene rings is 3. The van der Waals surface area contributed by atoms with Gasteiger partial charge >= 0.3 is 5.97 Å². The quantitative estimate of drug-likeness (QED) is 0.425. The SMILES string of the molecule is COc1ccc(C(O)C(NS(=O)(=O)c2ccc(C)cc2)C(=O)OCc2ccccc2)cc1OC. The predicted octanol–water partition coefficient (Wildman–Crippen LogP) is 3.14. The number of esters is 1. The van der Waals surface area contributed by atoms with E-state index >= 15 is 0 Å². The molecule has 0 aliphatic heterocycles. The van der Waals surface area contributed by atoms with E-state index in [1.807, 2.05) is 13.0 Å². The predicted molar refractivity (Wildman–Crippen MR) is 126 cm³/mol. The minimum absolute atomic E-state index is 0.0431. The van der Waals surface area contributed by atoms with Crippen molar-refractivity contribution in [2.75, 3.05) is 14.2 Å². The summed E-state index contributed by atoms with van der Waals surface area (Å²) >= 11 is 0. The van der Waals surface area contributed by atoms with E-state index in [9.17, 15) is 18.3 Å². The topological polar surface area (TPSA) is 111 Å². The van der Waals surface area contributed by atoms with Gasteiger partial charge in [0.2, 0.25) is 10.0 Å². The number of ether oxygens (including phenoxy) is 3. The number of hydrogen-bond acceptors (Lipinski definition) is 7. The van der Waals surface area contributed by atoms with Crippen molar-refractivity contribution in [3.05, 3.63) is 89.5 Å². The standard InChI is InChI=1S/C25H27NO7S/c1-17-9-12-20(13-10-17)34(29,30)26-23(25(28)33-16-18-7-5-4-6-8-18)24(27)19-11-14-21(31-2)22(15-19)32-3/h4-15,23-24,26-27H,16H2,1-3H3. The van der Waals surface area contributed by atoms with Crippen LogP contribution in [0.3, 0.4) is 0 Å². The second-order valence-corrected chi connectivity index (χ2v) is 9.28. The molecule has 180 valence electrons. The second-order valence-electron chi connectivity index (χ2n) is 7.56. The second kappa shape index (κ2) is 11.1. The van der Waals surface area contributed by atoms with E-state index in [1.54, 1.807) is 42.5 Å². The Kier molecular flexibility index (Phi) is 8.27. The average molecular weight is 486 g/mol. The molecule has 2 unspecified atom stereocenters. The minimum atomic E-state index is -4.15. The van der Waals surface area contributed by atoms with Gasteiger partial charge in [-0.15, -0.1) is 0 Å². The highest BCUT2D eigenvalue weighted by molar-refractivity contribution is 7.89. The summed E-state index contributed by atoms with van der Waals surface area (Å²) in [4.78, 5) is 13.0. The number of carbonyl (C=O) groups is 1. The monoisotopic (exact) mass is 485 g/mol. The maximum absolute atomic E-state index is 13.0. The molecular formula is C25H27NO7S. The Bertz CT molecular complexity index is 1210. The van der Waals surface area contributed by atoms with E-state index in [2.05, 4.69) is 4.72 Å². The molecule has 0 heterocycles. The number of aliphatic hydroxyl groups is 1. The van der Waals surface area contributed by atoms with Crippen LogP contribution in [0.1, 0.15) is 22.8 Å². The summed E-state index contributed by atoms with van der Waals surface area (Å²) in [6.07, 6.45) is -1.57. The van der Waals surface area contributed by atoms with Gasteiger partial charge < -0.3 is 19.3 Å².